The third-order valence-electron chi connectivity index (χ3n) is 6.12. The van der Waals surface area contributed by atoms with Gasteiger partial charge >= 0.3 is 0 Å². The van der Waals surface area contributed by atoms with E-state index in [1.807, 2.05) is 30.3 Å². The number of benzene rings is 2. The second-order valence-electron chi connectivity index (χ2n) is 8.71. The van der Waals surface area contributed by atoms with Crippen LogP contribution in [-0.4, -0.2) is 36.9 Å². The van der Waals surface area contributed by atoms with Crippen LogP contribution >= 0.6 is 11.6 Å². The van der Waals surface area contributed by atoms with Crippen LogP contribution in [0, 0.1) is 5.41 Å². The molecule has 0 spiro atoms. The quantitative estimate of drug-likeness (QED) is 0.617. The first-order valence-corrected chi connectivity index (χ1v) is 11.2. The zero-order valence-electron chi connectivity index (χ0n) is 18.4. The number of nitrogens with one attached hydrogen (secondary N) is 1. The third kappa shape index (κ3) is 5.76. The van der Waals surface area contributed by atoms with Crippen LogP contribution in [0.4, 0.5) is 0 Å². The minimum absolute atomic E-state index is 0.0899. The topological polar surface area (TPSA) is 49.4 Å². The van der Waals surface area contributed by atoms with Gasteiger partial charge in [-0.15, -0.1) is 0 Å². The first kappa shape index (κ1) is 23.1. The number of carbonyl (C=O) groups excluding carboxylic acids is 2. The van der Waals surface area contributed by atoms with Crippen molar-refractivity contribution in [2.24, 2.45) is 5.41 Å². The zero-order valence-corrected chi connectivity index (χ0v) is 19.1. The van der Waals surface area contributed by atoms with Crippen LogP contribution < -0.4 is 5.32 Å². The summed E-state index contributed by atoms with van der Waals surface area (Å²) in [5.74, 6) is -0.203. The average molecular weight is 439 g/mol. The van der Waals surface area contributed by atoms with Gasteiger partial charge in [0.05, 0.1) is 5.41 Å². The molecule has 31 heavy (non-hydrogen) atoms. The molecule has 0 heterocycles. The molecule has 1 fully saturated rings. The number of amides is 2. The van der Waals surface area contributed by atoms with Gasteiger partial charge in [-0.25, -0.2) is 0 Å². The average Bonchev–Trinajstić information content (AvgIpc) is 3.23. The van der Waals surface area contributed by atoms with E-state index >= 15 is 0 Å². The van der Waals surface area contributed by atoms with E-state index in [2.05, 4.69) is 36.2 Å². The van der Waals surface area contributed by atoms with Crippen molar-refractivity contribution in [2.75, 3.05) is 14.1 Å². The van der Waals surface area contributed by atoms with E-state index in [4.69, 9.17) is 11.6 Å². The predicted molar refractivity (Wildman–Crippen MR) is 127 cm³/mol. The Bertz CT molecular complexity index is 916. The fraction of sp³-hybridized carbons (Fsp3) is 0.385. The lowest BCUT2D eigenvalue weighted by molar-refractivity contribution is -0.138. The number of carbonyl (C=O) groups is 2. The first-order valence-electron chi connectivity index (χ1n) is 10.8. The molecule has 164 valence electrons. The molecule has 1 atom stereocenters. The van der Waals surface area contributed by atoms with Gasteiger partial charge in [0.15, 0.2) is 0 Å². The van der Waals surface area contributed by atoms with E-state index in [0.29, 0.717) is 17.9 Å². The Labute approximate surface area is 190 Å². The molecular weight excluding hydrogens is 408 g/mol. The monoisotopic (exact) mass is 438 g/mol. The maximum atomic E-state index is 13.3. The largest absolute Gasteiger partial charge is 0.347 e. The molecule has 2 aromatic rings. The molecule has 1 N–H and O–H groups in total. The number of hydrogen-bond acceptors (Lipinski definition) is 2. The SMILES string of the molecule is C=C(Cl)CC1(C(=O)N[C@@H](Cc2ccc(-c3ccccc3)cc2)C(=O)N(C)C)CCCC1. The number of nitrogens with zero attached hydrogens (tertiary/aromatic N) is 1. The summed E-state index contributed by atoms with van der Waals surface area (Å²) >= 11 is 6.09. The lowest BCUT2D eigenvalue weighted by atomic mass is 9.81. The van der Waals surface area contributed by atoms with E-state index in [-0.39, 0.29) is 11.8 Å². The summed E-state index contributed by atoms with van der Waals surface area (Å²) in [4.78, 5) is 27.7. The molecule has 1 aliphatic carbocycles. The fourth-order valence-corrected chi connectivity index (χ4v) is 4.68. The smallest absolute Gasteiger partial charge is 0.244 e. The van der Waals surface area contributed by atoms with Crippen molar-refractivity contribution in [3.05, 3.63) is 71.8 Å². The number of halogens is 1. The van der Waals surface area contributed by atoms with Crippen LogP contribution in [0.2, 0.25) is 0 Å². The van der Waals surface area contributed by atoms with Crippen molar-refractivity contribution in [3.63, 3.8) is 0 Å². The summed E-state index contributed by atoms with van der Waals surface area (Å²) in [6.07, 6.45) is 4.43. The third-order valence-corrected chi connectivity index (χ3v) is 6.25. The van der Waals surface area contributed by atoms with Gasteiger partial charge in [-0.1, -0.05) is 85.6 Å². The molecule has 0 unspecified atom stereocenters. The Balaban J connectivity index is 1.77. The summed E-state index contributed by atoms with van der Waals surface area (Å²) in [6.45, 7) is 3.80. The van der Waals surface area contributed by atoms with Crippen molar-refractivity contribution >= 4 is 23.4 Å². The van der Waals surface area contributed by atoms with Gasteiger partial charge in [0.1, 0.15) is 6.04 Å². The van der Waals surface area contributed by atoms with Crippen LogP contribution in [0.25, 0.3) is 11.1 Å². The Morgan fingerprint density at radius 2 is 1.61 bits per heavy atom. The van der Waals surface area contributed by atoms with Crippen LogP contribution in [0.5, 0.6) is 0 Å². The lowest BCUT2D eigenvalue weighted by Gasteiger charge is -2.31. The number of hydrogen-bond donors (Lipinski definition) is 1. The zero-order chi connectivity index (χ0) is 22.4. The normalized spacial score (nSPS) is 15.8. The molecule has 0 saturated heterocycles. The Hall–Kier alpha value is -2.59. The molecular formula is C26H31ClN2O2. The molecule has 4 nitrogen and oxygen atoms in total. The maximum absolute atomic E-state index is 13.3. The summed E-state index contributed by atoms with van der Waals surface area (Å²) in [5.41, 5.74) is 2.71. The van der Waals surface area contributed by atoms with Crippen molar-refractivity contribution in [2.45, 2.75) is 44.6 Å². The van der Waals surface area contributed by atoms with Gasteiger partial charge < -0.3 is 10.2 Å². The Morgan fingerprint density at radius 1 is 1.03 bits per heavy atom. The molecule has 0 bridgehead atoms. The summed E-state index contributed by atoms with van der Waals surface area (Å²) in [5, 5.41) is 3.54. The second-order valence-corrected chi connectivity index (χ2v) is 9.24. The molecule has 3 rings (SSSR count). The molecule has 1 aliphatic rings. The molecule has 5 heteroatoms. The van der Waals surface area contributed by atoms with E-state index < -0.39 is 11.5 Å². The highest BCUT2D eigenvalue weighted by Crippen LogP contribution is 2.43. The van der Waals surface area contributed by atoms with Gasteiger partial charge in [0.2, 0.25) is 11.8 Å². The van der Waals surface area contributed by atoms with E-state index in [1.54, 1.807) is 14.1 Å². The van der Waals surface area contributed by atoms with E-state index in [0.717, 1.165) is 42.4 Å². The predicted octanol–water partition coefficient (Wildman–Crippen LogP) is 5.17. The number of likely N-dealkylation sites (N-methyl/N-ethyl adjacent to an activating group) is 1. The van der Waals surface area contributed by atoms with Crippen LogP contribution in [-0.2, 0) is 16.0 Å². The second kappa shape index (κ2) is 10.1. The van der Waals surface area contributed by atoms with Crippen molar-refractivity contribution in [3.8, 4) is 11.1 Å². The highest BCUT2D eigenvalue weighted by atomic mass is 35.5. The van der Waals surface area contributed by atoms with Crippen molar-refractivity contribution in [1.82, 2.24) is 10.2 Å². The lowest BCUT2D eigenvalue weighted by Crippen LogP contribution is -2.51. The number of rotatable bonds is 8. The molecule has 0 aromatic heterocycles. The first-order chi connectivity index (χ1) is 14.8. The highest BCUT2D eigenvalue weighted by molar-refractivity contribution is 6.29. The summed E-state index contributed by atoms with van der Waals surface area (Å²) < 4.78 is 0. The van der Waals surface area contributed by atoms with Crippen molar-refractivity contribution in [1.29, 1.82) is 0 Å². The van der Waals surface area contributed by atoms with Crippen LogP contribution in [0.15, 0.2) is 66.2 Å². The maximum Gasteiger partial charge on any atom is 0.244 e. The van der Waals surface area contributed by atoms with Crippen molar-refractivity contribution < 1.29 is 9.59 Å². The highest BCUT2D eigenvalue weighted by Gasteiger charge is 2.42. The van der Waals surface area contributed by atoms with E-state index in [1.165, 1.54) is 4.90 Å². The Morgan fingerprint density at radius 3 is 2.16 bits per heavy atom. The molecule has 2 aromatic carbocycles. The minimum atomic E-state index is -0.619. The fourth-order valence-electron chi connectivity index (χ4n) is 4.43. The van der Waals surface area contributed by atoms with Crippen LogP contribution in [0.1, 0.15) is 37.7 Å². The molecule has 2 amide bonds. The summed E-state index contributed by atoms with van der Waals surface area (Å²) in [7, 11) is 3.43. The number of allylic oxidation sites excluding steroid dienone is 1. The van der Waals surface area contributed by atoms with Gasteiger partial charge in [-0.2, -0.15) is 0 Å². The van der Waals surface area contributed by atoms with Gasteiger partial charge in [0, 0.05) is 25.5 Å². The van der Waals surface area contributed by atoms with Crippen LogP contribution in [0.3, 0.4) is 0 Å². The molecule has 1 saturated carbocycles. The van der Waals surface area contributed by atoms with Gasteiger partial charge in [0.25, 0.3) is 0 Å². The summed E-state index contributed by atoms with van der Waals surface area (Å²) in [6, 6.07) is 17.7. The molecule has 0 aliphatic heterocycles. The van der Waals surface area contributed by atoms with E-state index in [9.17, 15) is 9.59 Å². The van der Waals surface area contributed by atoms with Gasteiger partial charge in [-0.05, 0) is 36.0 Å². The standard InChI is InChI=1S/C26H31ClN2O2/c1-19(27)18-26(15-7-8-16-26)25(31)28-23(24(30)29(2)3)17-20-11-13-22(14-12-20)21-9-5-4-6-10-21/h4-6,9-14,23H,1,7-8,15-18H2,2-3H3,(H,28,31)/t23-/m0/s1. The Kier molecular flexibility index (Phi) is 7.55. The minimum Gasteiger partial charge on any atom is -0.347 e. The van der Waals surface area contributed by atoms with Gasteiger partial charge in [-0.3, -0.25) is 9.59 Å². The molecule has 0 radical (unpaired) electrons.